The summed E-state index contributed by atoms with van der Waals surface area (Å²) in [5, 5.41) is 4.09. The SMILES string of the molecule is Cc1ccccc1-c1noc(C2CCC(N)C2)n1. The van der Waals surface area contributed by atoms with Gasteiger partial charge >= 0.3 is 0 Å². The topological polar surface area (TPSA) is 64.9 Å². The average molecular weight is 243 g/mol. The van der Waals surface area contributed by atoms with Gasteiger partial charge in [0.25, 0.3) is 0 Å². The third kappa shape index (κ3) is 2.04. The summed E-state index contributed by atoms with van der Waals surface area (Å²) in [6.07, 6.45) is 3.05. The number of nitrogens with zero attached hydrogens (tertiary/aromatic N) is 2. The van der Waals surface area contributed by atoms with Gasteiger partial charge in [0, 0.05) is 17.5 Å². The molecular weight excluding hydrogens is 226 g/mol. The Bertz CT molecular complexity index is 549. The monoisotopic (exact) mass is 243 g/mol. The first-order chi connectivity index (χ1) is 8.74. The predicted octanol–water partition coefficient (Wildman–Crippen LogP) is 2.64. The first kappa shape index (κ1) is 11.4. The van der Waals surface area contributed by atoms with Crippen molar-refractivity contribution in [3.05, 3.63) is 35.7 Å². The van der Waals surface area contributed by atoms with Gasteiger partial charge in [-0.15, -0.1) is 0 Å². The van der Waals surface area contributed by atoms with Gasteiger partial charge in [-0.25, -0.2) is 0 Å². The van der Waals surface area contributed by atoms with Gasteiger partial charge in [0.2, 0.25) is 11.7 Å². The van der Waals surface area contributed by atoms with Crippen molar-refractivity contribution in [2.45, 2.75) is 38.1 Å². The molecule has 4 nitrogen and oxygen atoms in total. The molecular formula is C14H17N3O. The van der Waals surface area contributed by atoms with E-state index in [9.17, 15) is 0 Å². The van der Waals surface area contributed by atoms with Crippen molar-refractivity contribution in [2.24, 2.45) is 5.73 Å². The van der Waals surface area contributed by atoms with E-state index in [1.54, 1.807) is 0 Å². The van der Waals surface area contributed by atoms with Gasteiger partial charge in [0.15, 0.2) is 0 Å². The molecule has 0 amide bonds. The summed E-state index contributed by atoms with van der Waals surface area (Å²) in [5.74, 6) is 1.76. The first-order valence-electron chi connectivity index (χ1n) is 6.39. The van der Waals surface area contributed by atoms with Crippen molar-refractivity contribution < 1.29 is 4.52 Å². The number of hydrogen-bond donors (Lipinski definition) is 1. The highest BCUT2D eigenvalue weighted by molar-refractivity contribution is 5.58. The molecule has 1 aromatic heterocycles. The van der Waals surface area contributed by atoms with Gasteiger partial charge in [-0.05, 0) is 31.7 Å². The minimum absolute atomic E-state index is 0.281. The lowest BCUT2D eigenvalue weighted by atomic mass is 10.1. The third-order valence-electron chi connectivity index (χ3n) is 3.65. The summed E-state index contributed by atoms with van der Waals surface area (Å²) in [4.78, 5) is 4.52. The Morgan fingerprint density at radius 1 is 1.28 bits per heavy atom. The quantitative estimate of drug-likeness (QED) is 0.880. The second-order valence-corrected chi connectivity index (χ2v) is 5.04. The van der Waals surface area contributed by atoms with Gasteiger partial charge in [0.05, 0.1) is 0 Å². The number of aryl methyl sites for hydroxylation is 1. The Kier molecular flexibility index (Phi) is 2.88. The maximum atomic E-state index is 5.91. The Hall–Kier alpha value is -1.68. The van der Waals surface area contributed by atoms with Crippen LogP contribution in [0.1, 0.15) is 36.6 Å². The molecule has 18 heavy (non-hydrogen) atoms. The van der Waals surface area contributed by atoms with E-state index in [-0.39, 0.29) is 6.04 Å². The van der Waals surface area contributed by atoms with Crippen LogP contribution in [-0.4, -0.2) is 16.2 Å². The van der Waals surface area contributed by atoms with Crippen LogP contribution in [0, 0.1) is 6.92 Å². The van der Waals surface area contributed by atoms with E-state index in [0.717, 1.165) is 36.3 Å². The molecule has 0 aliphatic heterocycles. The summed E-state index contributed by atoms with van der Waals surface area (Å²) < 4.78 is 5.39. The average Bonchev–Trinajstić information content (AvgIpc) is 2.98. The second-order valence-electron chi connectivity index (χ2n) is 5.04. The maximum Gasteiger partial charge on any atom is 0.230 e. The fraction of sp³-hybridized carbons (Fsp3) is 0.429. The van der Waals surface area contributed by atoms with Gasteiger partial charge in [-0.1, -0.05) is 29.4 Å². The Morgan fingerprint density at radius 2 is 2.11 bits per heavy atom. The highest BCUT2D eigenvalue weighted by Crippen LogP contribution is 2.33. The zero-order chi connectivity index (χ0) is 12.5. The summed E-state index contributed by atoms with van der Waals surface area (Å²) in [6.45, 7) is 2.05. The minimum atomic E-state index is 0.281. The van der Waals surface area contributed by atoms with E-state index in [2.05, 4.69) is 23.1 Å². The van der Waals surface area contributed by atoms with Crippen molar-refractivity contribution in [1.29, 1.82) is 0 Å². The maximum absolute atomic E-state index is 5.91. The molecule has 2 N–H and O–H groups in total. The lowest BCUT2D eigenvalue weighted by Crippen LogP contribution is -2.14. The fourth-order valence-electron chi connectivity index (χ4n) is 2.57. The van der Waals surface area contributed by atoms with Crippen LogP contribution < -0.4 is 5.73 Å². The number of rotatable bonds is 2. The smallest absolute Gasteiger partial charge is 0.230 e. The number of aromatic nitrogens is 2. The largest absolute Gasteiger partial charge is 0.339 e. The molecule has 4 heteroatoms. The highest BCUT2D eigenvalue weighted by Gasteiger charge is 2.28. The summed E-state index contributed by atoms with van der Waals surface area (Å²) in [7, 11) is 0. The predicted molar refractivity (Wildman–Crippen MR) is 69.0 cm³/mol. The molecule has 1 fully saturated rings. The number of hydrogen-bond acceptors (Lipinski definition) is 4. The molecule has 2 atom stereocenters. The van der Waals surface area contributed by atoms with Crippen LogP contribution in [0.25, 0.3) is 11.4 Å². The van der Waals surface area contributed by atoms with Gasteiger partial charge in [0.1, 0.15) is 0 Å². The molecule has 1 aliphatic rings. The van der Waals surface area contributed by atoms with Gasteiger partial charge < -0.3 is 10.3 Å². The normalized spacial score (nSPS) is 23.4. The zero-order valence-electron chi connectivity index (χ0n) is 10.5. The zero-order valence-corrected chi connectivity index (χ0v) is 10.5. The minimum Gasteiger partial charge on any atom is -0.339 e. The van der Waals surface area contributed by atoms with Crippen LogP contribution >= 0.6 is 0 Å². The molecule has 2 unspecified atom stereocenters. The van der Waals surface area contributed by atoms with Crippen LogP contribution in [0.4, 0.5) is 0 Å². The Balaban J connectivity index is 1.88. The van der Waals surface area contributed by atoms with Gasteiger partial charge in [-0.2, -0.15) is 4.98 Å². The van der Waals surface area contributed by atoms with Crippen LogP contribution in [0.3, 0.4) is 0 Å². The Labute approximate surface area is 106 Å². The second kappa shape index (κ2) is 4.53. The summed E-state index contributed by atoms with van der Waals surface area (Å²) in [6, 6.07) is 8.35. The fourth-order valence-corrected chi connectivity index (χ4v) is 2.57. The lowest BCUT2D eigenvalue weighted by molar-refractivity contribution is 0.353. The molecule has 0 bridgehead atoms. The van der Waals surface area contributed by atoms with Crippen LogP contribution in [0.2, 0.25) is 0 Å². The van der Waals surface area contributed by atoms with E-state index < -0.39 is 0 Å². The van der Waals surface area contributed by atoms with E-state index in [0.29, 0.717) is 11.7 Å². The van der Waals surface area contributed by atoms with Crippen molar-refractivity contribution in [1.82, 2.24) is 10.1 Å². The molecule has 0 radical (unpaired) electrons. The standard InChI is InChI=1S/C14H17N3O/c1-9-4-2-3-5-12(9)13-16-14(18-17-13)10-6-7-11(15)8-10/h2-5,10-11H,6-8,15H2,1H3. The van der Waals surface area contributed by atoms with E-state index >= 15 is 0 Å². The molecule has 1 saturated carbocycles. The van der Waals surface area contributed by atoms with E-state index in [1.165, 1.54) is 0 Å². The first-order valence-corrected chi connectivity index (χ1v) is 6.39. The van der Waals surface area contributed by atoms with Crippen molar-refractivity contribution in [3.8, 4) is 11.4 Å². The van der Waals surface area contributed by atoms with Crippen molar-refractivity contribution >= 4 is 0 Å². The Morgan fingerprint density at radius 3 is 2.83 bits per heavy atom. The van der Waals surface area contributed by atoms with Crippen LogP contribution in [-0.2, 0) is 0 Å². The molecule has 1 aliphatic carbocycles. The lowest BCUT2D eigenvalue weighted by Gasteiger charge is -2.01. The molecule has 1 heterocycles. The molecule has 0 saturated heterocycles. The number of nitrogens with two attached hydrogens (primary N) is 1. The summed E-state index contributed by atoms with van der Waals surface area (Å²) >= 11 is 0. The molecule has 0 spiro atoms. The van der Waals surface area contributed by atoms with Gasteiger partial charge in [-0.3, -0.25) is 0 Å². The molecule has 2 aromatic rings. The van der Waals surface area contributed by atoms with E-state index in [4.69, 9.17) is 10.3 Å². The van der Waals surface area contributed by atoms with Crippen molar-refractivity contribution in [3.63, 3.8) is 0 Å². The highest BCUT2D eigenvalue weighted by atomic mass is 16.5. The number of benzene rings is 1. The van der Waals surface area contributed by atoms with Crippen LogP contribution in [0.5, 0.6) is 0 Å². The third-order valence-corrected chi connectivity index (χ3v) is 3.65. The van der Waals surface area contributed by atoms with E-state index in [1.807, 2.05) is 18.2 Å². The van der Waals surface area contributed by atoms with Crippen LogP contribution in [0.15, 0.2) is 28.8 Å². The van der Waals surface area contributed by atoms with Crippen molar-refractivity contribution in [2.75, 3.05) is 0 Å². The molecule has 1 aromatic carbocycles. The molecule has 94 valence electrons. The molecule has 3 rings (SSSR count). The summed E-state index contributed by atoms with van der Waals surface area (Å²) in [5.41, 5.74) is 8.11.